The fourth-order valence-electron chi connectivity index (χ4n) is 3.05. The van der Waals surface area contributed by atoms with E-state index in [0.29, 0.717) is 27.8 Å². The summed E-state index contributed by atoms with van der Waals surface area (Å²) in [5.41, 5.74) is 2.84. The van der Waals surface area contributed by atoms with Crippen LogP contribution < -0.4 is 5.32 Å². The normalized spacial score (nSPS) is 10.6. The molecular formula is C24H16BrFN2O3. The lowest BCUT2D eigenvalue weighted by Gasteiger charge is -2.10. The number of anilines is 1. The van der Waals surface area contributed by atoms with Gasteiger partial charge in [-0.3, -0.25) is 4.79 Å². The summed E-state index contributed by atoms with van der Waals surface area (Å²) in [4.78, 5) is 29.6. The Hall–Kier alpha value is -3.58. The molecule has 0 radical (unpaired) electrons. The summed E-state index contributed by atoms with van der Waals surface area (Å²) >= 11 is 3.41. The predicted octanol–water partition coefficient (Wildman–Crippen LogP) is 5.60. The van der Waals surface area contributed by atoms with E-state index < -0.39 is 24.3 Å². The van der Waals surface area contributed by atoms with Crippen LogP contribution in [-0.2, 0) is 9.53 Å². The zero-order valence-corrected chi connectivity index (χ0v) is 17.7. The van der Waals surface area contributed by atoms with Crippen molar-refractivity contribution in [2.75, 3.05) is 11.9 Å². The van der Waals surface area contributed by atoms with E-state index in [4.69, 9.17) is 4.74 Å². The number of ether oxygens (including phenoxy) is 1. The first-order valence-electron chi connectivity index (χ1n) is 9.38. The van der Waals surface area contributed by atoms with Crippen LogP contribution in [0.1, 0.15) is 10.4 Å². The van der Waals surface area contributed by atoms with Crippen molar-refractivity contribution in [3.05, 3.63) is 94.7 Å². The molecule has 1 N–H and O–H groups in total. The number of nitrogens with one attached hydrogen (secondary N) is 1. The third kappa shape index (κ3) is 4.95. The minimum Gasteiger partial charge on any atom is -0.452 e. The maximum atomic E-state index is 13.0. The molecule has 1 aromatic heterocycles. The SMILES string of the molecule is O=C(COC(=O)c1cc(-c2ccc(Br)cc2)nc2ccccc12)Nc1ccc(F)cc1. The van der Waals surface area contributed by atoms with Crippen molar-refractivity contribution in [3.8, 4) is 11.3 Å². The van der Waals surface area contributed by atoms with E-state index in [9.17, 15) is 14.0 Å². The molecule has 5 nitrogen and oxygen atoms in total. The van der Waals surface area contributed by atoms with E-state index in [1.165, 1.54) is 24.3 Å². The fraction of sp³-hybridized carbons (Fsp3) is 0.0417. The van der Waals surface area contributed by atoms with Crippen LogP contribution in [-0.4, -0.2) is 23.5 Å². The summed E-state index contributed by atoms with van der Waals surface area (Å²) in [6.07, 6.45) is 0. The Labute approximate surface area is 186 Å². The van der Waals surface area contributed by atoms with Gasteiger partial charge in [0.2, 0.25) is 0 Å². The molecule has 1 heterocycles. The molecule has 3 aromatic carbocycles. The molecule has 0 spiro atoms. The highest BCUT2D eigenvalue weighted by molar-refractivity contribution is 9.10. The molecule has 0 aliphatic rings. The van der Waals surface area contributed by atoms with Gasteiger partial charge in [0.25, 0.3) is 5.91 Å². The molecule has 0 bridgehead atoms. The second-order valence-electron chi connectivity index (χ2n) is 6.71. The van der Waals surface area contributed by atoms with Crippen LogP contribution in [0.25, 0.3) is 22.2 Å². The Balaban J connectivity index is 1.55. The molecule has 0 aliphatic heterocycles. The number of hydrogen-bond acceptors (Lipinski definition) is 4. The van der Waals surface area contributed by atoms with Crippen molar-refractivity contribution < 1.29 is 18.7 Å². The molecular weight excluding hydrogens is 463 g/mol. The lowest BCUT2D eigenvalue weighted by molar-refractivity contribution is -0.119. The summed E-state index contributed by atoms with van der Waals surface area (Å²) < 4.78 is 19.2. The zero-order valence-electron chi connectivity index (χ0n) is 16.1. The highest BCUT2D eigenvalue weighted by Crippen LogP contribution is 2.26. The number of carbonyl (C=O) groups is 2. The average Bonchev–Trinajstić information content (AvgIpc) is 2.79. The van der Waals surface area contributed by atoms with Crippen LogP contribution in [0, 0.1) is 5.82 Å². The standard InChI is InChI=1S/C24H16BrFN2O3/c25-16-7-5-15(6-8-16)22-13-20(19-3-1-2-4-21(19)28-22)24(30)31-14-23(29)27-18-11-9-17(26)10-12-18/h1-13H,14H2,(H,27,29). The molecule has 0 fully saturated rings. The van der Waals surface area contributed by atoms with Gasteiger partial charge in [-0.2, -0.15) is 0 Å². The number of halogens is 2. The highest BCUT2D eigenvalue weighted by Gasteiger charge is 2.16. The Morgan fingerprint density at radius 1 is 0.968 bits per heavy atom. The van der Waals surface area contributed by atoms with Crippen LogP contribution >= 0.6 is 15.9 Å². The van der Waals surface area contributed by atoms with Crippen molar-refractivity contribution in [2.24, 2.45) is 0 Å². The quantitative estimate of drug-likeness (QED) is 0.379. The fourth-order valence-corrected chi connectivity index (χ4v) is 3.32. The van der Waals surface area contributed by atoms with Gasteiger partial charge >= 0.3 is 5.97 Å². The van der Waals surface area contributed by atoms with E-state index in [0.717, 1.165) is 10.0 Å². The van der Waals surface area contributed by atoms with Gasteiger partial charge in [0.05, 0.1) is 16.8 Å². The largest absolute Gasteiger partial charge is 0.452 e. The van der Waals surface area contributed by atoms with E-state index in [2.05, 4.69) is 26.2 Å². The summed E-state index contributed by atoms with van der Waals surface area (Å²) in [5.74, 6) is -1.56. The van der Waals surface area contributed by atoms with E-state index >= 15 is 0 Å². The molecule has 0 saturated heterocycles. The van der Waals surface area contributed by atoms with Crippen molar-refractivity contribution in [1.29, 1.82) is 0 Å². The number of esters is 1. The zero-order chi connectivity index (χ0) is 21.8. The third-order valence-corrected chi connectivity index (χ3v) is 5.07. The average molecular weight is 479 g/mol. The molecule has 0 aliphatic carbocycles. The molecule has 4 rings (SSSR count). The highest BCUT2D eigenvalue weighted by atomic mass is 79.9. The molecule has 154 valence electrons. The number of nitrogens with zero attached hydrogens (tertiary/aromatic N) is 1. The first-order chi connectivity index (χ1) is 15.0. The van der Waals surface area contributed by atoms with Gasteiger partial charge < -0.3 is 10.1 Å². The minimum absolute atomic E-state index is 0.318. The van der Waals surface area contributed by atoms with Gasteiger partial charge in [-0.15, -0.1) is 0 Å². The lowest BCUT2D eigenvalue weighted by atomic mass is 10.0. The summed E-state index contributed by atoms with van der Waals surface area (Å²) in [6.45, 7) is -0.472. The Bertz CT molecular complexity index is 1260. The number of carbonyl (C=O) groups excluding carboxylic acids is 2. The number of hydrogen-bond donors (Lipinski definition) is 1. The number of amides is 1. The topological polar surface area (TPSA) is 68.3 Å². The second-order valence-corrected chi connectivity index (χ2v) is 7.63. The van der Waals surface area contributed by atoms with E-state index in [-0.39, 0.29) is 0 Å². The smallest absolute Gasteiger partial charge is 0.339 e. The summed E-state index contributed by atoms with van der Waals surface area (Å²) in [6, 6.07) is 21.8. The van der Waals surface area contributed by atoms with Gasteiger partial charge in [-0.25, -0.2) is 14.2 Å². The van der Waals surface area contributed by atoms with Crippen LogP contribution in [0.3, 0.4) is 0 Å². The number of aromatic nitrogens is 1. The number of para-hydroxylation sites is 1. The number of rotatable bonds is 5. The molecule has 1 amide bonds. The predicted molar refractivity (Wildman–Crippen MR) is 120 cm³/mol. The molecule has 7 heteroatoms. The van der Waals surface area contributed by atoms with Gasteiger partial charge in [0.1, 0.15) is 5.82 Å². The van der Waals surface area contributed by atoms with Crippen LogP contribution in [0.15, 0.2) is 83.3 Å². The third-order valence-electron chi connectivity index (χ3n) is 4.54. The maximum absolute atomic E-state index is 13.0. The monoisotopic (exact) mass is 478 g/mol. The second kappa shape index (κ2) is 9.06. The van der Waals surface area contributed by atoms with Crippen LogP contribution in [0.2, 0.25) is 0 Å². The van der Waals surface area contributed by atoms with E-state index in [1.807, 2.05) is 36.4 Å². The molecule has 4 aromatic rings. The molecule has 0 saturated carbocycles. The Kier molecular flexibility index (Phi) is 6.04. The number of fused-ring (bicyclic) bond motifs is 1. The van der Waals surface area contributed by atoms with Crippen LogP contribution in [0.4, 0.5) is 10.1 Å². The van der Waals surface area contributed by atoms with Crippen molar-refractivity contribution >= 4 is 44.4 Å². The van der Waals surface area contributed by atoms with Crippen molar-refractivity contribution in [2.45, 2.75) is 0 Å². The first-order valence-corrected chi connectivity index (χ1v) is 10.2. The van der Waals surface area contributed by atoms with Gasteiger partial charge in [-0.05, 0) is 48.5 Å². The lowest BCUT2D eigenvalue weighted by Crippen LogP contribution is -2.21. The molecule has 31 heavy (non-hydrogen) atoms. The Morgan fingerprint density at radius 3 is 2.42 bits per heavy atom. The van der Waals surface area contributed by atoms with Gasteiger partial charge in [0, 0.05) is 21.1 Å². The van der Waals surface area contributed by atoms with Crippen molar-refractivity contribution in [1.82, 2.24) is 4.98 Å². The van der Waals surface area contributed by atoms with Gasteiger partial charge in [-0.1, -0.05) is 46.3 Å². The molecule has 0 unspecified atom stereocenters. The van der Waals surface area contributed by atoms with Gasteiger partial charge in [0.15, 0.2) is 6.61 Å². The summed E-state index contributed by atoms with van der Waals surface area (Å²) in [5, 5.41) is 3.19. The first kappa shape index (κ1) is 20.7. The summed E-state index contributed by atoms with van der Waals surface area (Å²) in [7, 11) is 0. The van der Waals surface area contributed by atoms with Crippen LogP contribution in [0.5, 0.6) is 0 Å². The Morgan fingerprint density at radius 2 is 1.68 bits per heavy atom. The maximum Gasteiger partial charge on any atom is 0.339 e. The number of pyridine rings is 1. The number of benzene rings is 3. The molecule has 0 atom stereocenters. The van der Waals surface area contributed by atoms with E-state index in [1.54, 1.807) is 18.2 Å². The minimum atomic E-state index is -0.633. The van der Waals surface area contributed by atoms with Crippen molar-refractivity contribution in [3.63, 3.8) is 0 Å².